The Hall–Kier alpha value is -0.790. The molecule has 0 spiro atoms. The number of nitrogens with zero attached hydrogens (tertiary/aromatic N) is 2. The quantitative estimate of drug-likeness (QED) is 0.536. The smallest absolute Gasteiger partial charge is 0.164 e. The summed E-state index contributed by atoms with van der Waals surface area (Å²) in [7, 11) is 4.11. The van der Waals surface area contributed by atoms with Crippen LogP contribution in [0.5, 0.6) is 0 Å². The molecule has 0 amide bonds. The van der Waals surface area contributed by atoms with Gasteiger partial charge in [-0.15, -0.1) is 4.68 Å². The van der Waals surface area contributed by atoms with E-state index < -0.39 is 0 Å². The van der Waals surface area contributed by atoms with Gasteiger partial charge >= 0.3 is 0 Å². The fourth-order valence-corrected chi connectivity index (χ4v) is 1.11. The number of aromatic nitrogens is 2. The van der Waals surface area contributed by atoms with Crippen LogP contribution >= 0.6 is 0 Å². The van der Waals surface area contributed by atoms with E-state index in [1.54, 1.807) is 0 Å². The van der Waals surface area contributed by atoms with Crippen molar-refractivity contribution in [2.45, 2.75) is 19.8 Å². The fraction of sp³-hybridized carbons (Fsp3) is 0.625. The van der Waals surface area contributed by atoms with E-state index in [0.717, 1.165) is 0 Å². The topological polar surface area (TPSA) is 8.81 Å². The summed E-state index contributed by atoms with van der Waals surface area (Å²) in [5.74, 6) is 0. The molecule has 0 aliphatic heterocycles. The summed E-state index contributed by atoms with van der Waals surface area (Å²) in [5.41, 5.74) is 1.42. The van der Waals surface area contributed by atoms with Crippen LogP contribution < -0.4 is 4.68 Å². The van der Waals surface area contributed by atoms with Gasteiger partial charge in [0.1, 0.15) is 0 Å². The summed E-state index contributed by atoms with van der Waals surface area (Å²) in [5, 5.41) is 0. The molecular weight excluding hydrogens is 124 g/mol. The number of hydrogen-bond acceptors (Lipinski definition) is 0. The molecule has 0 radical (unpaired) electrons. The highest BCUT2D eigenvalue weighted by atomic mass is 15.4. The molecule has 1 aromatic rings. The van der Waals surface area contributed by atoms with Gasteiger partial charge < -0.3 is 0 Å². The molecule has 0 atom stereocenters. The summed E-state index contributed by atoms with van der Waals surface area (Å²) < 4.78 is 4.18. The predicted molar refractivity (Wildman–Crippen MR) is 40.6 cm³/mol. The van der Waals surface area contributed by atoms with Crippen molar-refractivity contribution in [2.75, 3.05) is 0 Å². The normalized spacial score (nSPS) is 10.3. The Balaban J connectivity index is 2.77. The second kappa shape index (κ2) is 2.86. The molecule has 1 rings (SSSR count). The highest BCUT2D eigenvalue weighted by Crippen LogP contribution is 1.97. The second-order valence-corrected chi connectivity index (χ2v) is 2.73. The molecule has 0 aromatic carbocycles. The Kier molecular flexibility index (Phi) is 2.10. The highest BCUT2D eigenvalue weighted by Gasteiger charge is 2.02. The first-order chi connectivity index (χ1) is 4.74. The molecule has 2 nitrogen and oxygen atoms in total. The van der Waals surface area contributed by atoms with E-state index in [0.29, 0.717) is 0 Å². The third-order valence-corrected chi connectivity index (χ3v) is 1.74. The third kappa shape index (κ3) is 1.38. The molecule has 10 heavy (non-hydrogen) atoms. The Morgan fingerprint density at radius 3 is 2.70 bits per heavy atom. The van der Waals surface area contributed by atoms with Crippen LogP contribution in [-0.4, -0.2) is 4.68 Å². The number of hydrogen-bond donors (Lipinski definition) is 0. The fourth-order valence-electron chi connectivity index (χ4n) is 1.11. The molecule has 1 aromatic heterocycles. The standard InChI is InChI=1S/C8H15N2/c1-4-5-8-6-9(2)10(3)7-8/h6-7H,4-5H2,1-3H3/q+1. The minimum absolute atomic E-state index is 1.19. The number of aryl methyl sites for hydroxylation is 3. The maximum atomic E-state index is 2.20. The van der Waals surface area contributed by atoms with Crippen molar-refractivity contribution in [1.82, 2.24) is 4.68 Å². The molecule has 0 aliphatic rings. The Morgan fingerprint density at radius 2 is 2.30 bits per heavy atom. The van der Waals surface area contributed by atoms with Crippen molar-refractivity contribution in [3.63, 3.8) is 0 Å². The van der Waals surface area contributed by atoms with Crippen LogP contribution in [-0.2, 0) is 20.5 Å². The molecule has 0 aliphatic carbocycles. The molecule has 0 bridgehead atoms. The maximum absolute atomic E-state index is 2.20. The van der Waals surface area contributed by atoms with Crippen LogP contribution in [0.25, 0.3) is 0 Å². The molecule has 0 fully saturated rings. The molecule has 0 saturated carbocycles. The predicted octanol–water partition coefficient (Wildman–Crippen LogP) is 0.802. The summed E-state index contributed by atoms with van der Waals surface area (Å²) in [6, 6.07) is 0. The maximum Gasteiger partial charge on any atom is 0.198 e. The van der Waals surface area contributed by atoms with Gasteiger partial charge in [-0.1, -0.05) is 13.3 Å². The van der Waals surface area contributed by atoms with E-state index >= 15 is 0 Å². The first-order valence-corrected chi connectivity index (χ1v) is 3.75. The molecule has 0 unspecified atom stereocenters. The monoisotopic (exact) mass is 139 g/mol. The van der Waals surface area contributed by atoms with Crippen LogP contribution in [0, 0.1) is 0 Å². The van der Waals surface area contributed by atoms with Gasteiger partial charge in [0.25, 0.3) is 0 Å². The molecular formula is C8H15N2+. The molecule has 0 N–H and O–H groups in total. The summed E-state index contributed by atoms with van der Waals surface area (Å²) in [6.07, 6.45) is 6.76. The van der Waals surface area contributed by atoms with Crippen molar-refractivity contribution in [3.8, 4) is 0 Å². The minimum atomic E-state index is 1.19. The Bertz CT molecular complexity index is 194. The molecule has 1 heterocycles. The first-order valence-electron chi connectivity index (χ1n) is 3.75. The van der Waals surface area contributed by atoms with Crippen molar-refractivity contribution in [2.24, 2.45) is 14.1 Å². The van der Waals surface area contributed by atoms with Gasteiger partial charge in [-0.05, 0) is 6.42 Å². The van der Waals surface area contributed by atoms with Gasteiger partial charge in [-0.25, -0.2) is 0 Å². The zero-order valence-corrected chi connectivity index (χ0v) is 6.96. The van der Waals surface area contributed by atoms with Crippen molar-refractivity contribution < 1.29 is 4.68 Å². The second-order valence-electron chi connectivity index (χ2n) is 2.73. The van der Waals surface area contributed by atoms with Gasteiger partial charge in [0.15, 0.2) is 13.2 Å². The van der Waals surface area contributed by atoms with Crippen LogP contribution in [0.15, 0.2) is 12.4 Å². The summed E-state index contributed by atoms with van der Waals surface area (Å²) >= 11 is 0. The lowest BCUT2D eigenvalue weighted by Gasteiger charge is -1.83. The minimum Gasteiger partial charge on any atom is -0.164 e. The number of rotatable bonds is 2. The van der Waals surface area contributed by atoms with E-state index in [1.165, 1.54) is 18.4 Å². The van der Waals surface area contributed by atoms with E-state index in [9.17, 15) is 0 Å². The first kappa shape index (κ1) is 7.32. The molecule has 2 heteroatoms. The van der Waals surface area contributed by atoms with Crippen LogP contribution in [0.4, 0.5) is 0 Å². The Labute approximate surface area is 62.1 Å². The SMILES string of the molecule is CCCc1cn(C)[n+](C)c1. The molecule has 56 valence electrons. The van der Waals surface area contributed by atoms with E-state index in [-0.39, 0.29) is 0 Å². The van der Waals surface area contributed by atoms with E-state index in [1.807, 2.05) is 0 Å². The van der Waals surface area contributed by atoms with Crippen LogP contribution in [0.1, 0.15) is 18.9 Å². The largest absolute Gasteiger partial charge is 0.198 e. The average Bonchev–Trinajstić information content (AvgIpc) is 2.14. The van der Waals surface area contributed by atoms with E-state index in [2.05, 4.69) is 42.8 Å². The van der Waals surface area contributed by atoms with Gasteiger partial charge in [0, 0.05) is 5.56 Å². The zero-order chi connectivity index (χ0) is 7.56. The van der Waals surface area contributed by atoms with Gasteiger partial charge in [-0.2, -0.15) is 4.68 Å². The Morgan fingerprint density at radius 1 is 1.60 bits per heavy atom. The third-order valence-electron chi connectivity index (χ3n) is 1.74. The lowest BCUT2D eigenvalue weighted by atomic mass is 10.2. The van der Waals surface area contributed by atoms with Crippen LogP contribution in [0.2, 0.25) is 0 Å². The van der Waals surface area contributed by atoms with Gasteiger partial charge in [-0.3, -0.25) is 0 Å². The lowest BCUT2D eigenvalue weighted by Crippen LogP contribution is -2.35. The van der Waals surface area contributed by atoms with Gasteiger partial charge in [0.05, 0.1) is 13.2 Å². The van der Waals surface area contributed by atoms with Crippen molar-refractivity contribution in [3.05, 3.63) is 18.0 Å². The van der Waals surface area contributed by atoms with Crippen LogP contribution in [0.3, 0.4) is 0 Å². The van der Waals surface area contributed by atoms with Gasteiger partial charge in [0.2, 0.25) is 0 Å². The zero-order valence-electron chi connectivity index (χ0n) is 6.96. The van der Waals surface area contributed by atoms with Crippen molar-refractivity contribution >= 4 is 0 Å². The molecule has 0 saturated heterocycles. The lowest BCUT2D eigenvalue weighted by molar-refractivity contribution is -0.751. The summed E-state index contributed by atoms with van der Waals surface area (Å²) in [6.45, 7) is 2.20. The van der Waals surface area contributed by atoms with E-state index in [4.69, 9.17) is 0 Å². The average molecular weight is 139 g/mol. The van der Waals surface area contributed by atoms with Crippen molar-refractivity contribution in [1.29, 1.82) is 0 Å². The highest BCUT2D eigenvalue weighted by molar-refractivity contribution is 4.99. The summed E-state index contributed by atoms with van der Waals surface area (Å²) in [4.78, 5) is 0.